The van der Waals surface area contributed by atoms with Crippen LogP contribution in [-0.2, 0) is 15.1 Å². The first-order valence-electron chi connectivity index (χ1n) is 16.0. The Morgan fingerprint density at radius 2 is 1.83 bits per heavy atom. The Hall–Kier alpha value is -5.25. The lowest BCUT2D eigenvalue weighted by Gasteiger charge is -2.42. The van der Waals surface area contributed by atoms with Gasteiger partial charge in [-0.1, -0.05) is 37.6 Å². The maximum absolute atomic E-state index is 11.6. The van der Waals surface area contributed by atoms with Gasteiger partial charge in [0.25, 0.3) is 0 Å². The predicted molar refractivity (Wildman–Crippen MR) is 180 cm³/mol. The molecule has 46 heavy (non-hydrogen) atoms. The fourth-order valence-corrected chi connectivity index (χ4v) is 6.93. The van der Waals surface area contributed by atoms with Crippen molar-refractivity contribution in [1.29, 1.82) is 0 Å². The van der Waals surface area contributed by atoms with Gasteiger partial charge in [0.15, 0.2) is 11.5 Å². The van der Waals surface area contributed by atoms with Gasteiger partial charge in [-0.2, -0.15) is 0 Å². The Kier molecular flexibility index (Phi) is 7.86. The van der Waals surface area contributed by atoms with Gasteiger partial charge in [0.1, 0.15) is 11.3 Å². The summed E-state index contributed by atoms with van der Waals surface area (Å²) in [5.41, 5.74) is 13.2. The van der Waals surface area contributed by atoms with E-state index in [4.69, 9.17) is 15.7 Å². The van der Waals surface area contributed by atoms with Gasteiger partial charge in [-0.25, -0.2) is 15.0 Å². The summed E-state index contributed by atoms with van der Waals surface area (Å²) in [6, 6.07) is 24.7. The second kappa shape index (κ2) is 12.3. The number of nitrogens with two attached hydrogens (primary N) is 1. The van der Waals surface area contributed by atoms with Crippen LogP contribution in [0, 0.1) is 0 Å². The summed E-state index contributed by atoms with van der Waals surface area (Å²) in [5, 5.41) is 3.05. The molecule has 0 spiro atoms. The molecule has 1 unspecified atom stereocenters. The fourth-order valence-electron chi connectivity index (χ4n) is 6.93. The Morgan fingerprint density at radius 3 is 2.54 bits per heavy atom. The zero-order valence-electron chi connectivity index (χ0n) is 26.0. The summed E-state index contributed by atoms with van der Waals surface area (Å²) >= 11 is 0. The monoisotopic (exact) mass is 614 g/mol. The van der Waals surface area contributed by atoms with Crippen LogP contribution in [0.2, 0.25) is 0 Å². The normalized spacial score (nSPS) is 17.5. The van der Waals surface area contributed by atoms with Crippen molar-refractivity contribution < 1.29 is 9.59 Å². The number of hydrogen-bond donors (Lipinski definition) is 2. The van der Waals surface area contributed by atoms with Crippen molar-refractivity contribution in [3.63, 3.8) is 0 Å². The number of fused-ring (bicyclic) bond motifs is 1. The van der Waals surface area contributed by atoms with Crippen LogP contribution in [0.1, 0.15) is 44.6 Å². The first kappa shape index (κ1) is 29.5. The molecule has 4 heterocycles. The van der Waals surface area contributed by atoms with Crippen LogP contribution in [-0.4, -0.2) is 62.9 Å². The van der Waals surface area contributed by atoms with Gasteiger partial charge in [-0.15, -0.1) is 0 Å². The van der Waals surface area contributed by atoms with Crippen molar-refractivity contribution in [3.8, 4) is 28.3 Å². The first-order valence-corrected chi connectivity index (χ1v) is 16.0. The van der Waals surface area contributed by atoms with E-state index in [1.54, 1.807) is 6.20 Å². The number of nitrogens with zero attached hydrogens (tertiary/aromatic N) is 6. The Balaban J connectivity index is 1.29. The number of hydrogen-bond acceptors (Lipinski definition) is 7. The van der Waals surface area contributed by atoms with Crippen molar-refractivity contribution in [1.82, 2.24) is 29.7 Å². The van der Waals surface area contributed by atoms with E-state index in [-0.39, 0.29) is 11.6 Å². The maximum Gasteiger partial charge on any atom is 0.210 e. The maximum atomic E-state index is 11.6. The lowest BCUT2D eigenvalue weighted by atomic mass is 9.72. The Labute approximate surface area is 268 Å². The van der Waals surface area contributed by atoms with E-state index < -0.39 is 0 Å². The van der Waals surface area contributed by atoms with Gasteiger partial charge < -0.3 is 20.9 Å². The number of rotatable bonds is 10. The zero-order chi connectivity index (χ0) is 31.7. The topological polar surface area (TPSA) is 122 Å². The summed E-state index contributed by atoms with van der Waals surface area (Å²) < 4.78 is 2.04. The summed E-state index contributed by atoms with van der Waals surface area (Å²) in [4.78, 5) is 41.8. The molecule has 1 atom stereocenters. The van der Waals surface area contributed by atoms with Gasteiger partial charge in [0, 0.05) is 48.8 Å². The van der Waals surface area contributed by atoms with Crippen molar-refractivity contribution in [3.05, 3.63) is 84.6 Å². The highest BCUT2D eigenvalue weighted by Crippen LogP contribution is 2.41. The second-order valence-corrected chi connectivity index (χ2v) is 12.3. The lowest BCUT2D eigenvalue weighted by molar-refractivity contribution is -0.120. The number of nitrogen functional groups attached to an aromatic ring is 1. The highest BCUT2D eigenvalue weighted by molar-refractivity contribution is 5.85. The molecule has 7 rings (SSSR count). The Morgan fingerprint density at radius 1 is 0.978 bits per heavy atom. The quantitative estimate of drug-likeness (QED) is 0.205. The van der Waals surface area contributed by atoms with Crippen molar-refractivity contribution in [2.24, 2.45) is 0 Å². The highest BCUT2D eigenvalue weighted by atomic mass is 16.1. The number of imidazole rings is 1. The minimum absolute atomic E-state index is 0.210. The number of aromatic nitrogens is 4. The van der Waals surface area contributed by atoms with Gasteiger partial charge >= 0.3 is 0 Å². The third-order valence-electron chi connectivity index (χ3n) is 9.60. The van der Waals surface area contributed by atoms with E-state index in [1.807, 2.05) is 33.7 Å². The molecule has 234 valence electrons. The average molecular weight is 615 g/mol. The van der Waals surface area contributed by atoms with E-state index in [0.29, 0.717) is 23.8 Å². The molecular formula is C36H38N8O2. The molecule has 1 saturated carbocycles. The number of anilines is 2. The van der Waals surface area contributed by atoms with Gasteiger partial charge in [0.2, 0.25) is 12.8 Å². The zero-order valence-corrected chi connectivity index (χ0v) is 26.0. The minimum Gasteiger partial charge on any atom is -0.383 e. The standard InChI is InChI=1S/C36H38N8O2/c1-2-6-29-22-42(19-20-43(29)24-46)28-8-3-7-25(21-28)31-14-15-32-35(40-31)44(34(41-32)30-9-4-18-38-33(30)37)27-12-10-26(11-13-27)36(39-23-45)16-5-17-36/h3-4,7-15,18,21,23-24,29H,2,5-6,16-17,19-20,22H2,1H3,(H2,37,38)(H,39,45). The third-order valence-corrected chi connectivity index (χ3v) is 9.60. The number of piperazine rings is 1. The SMILES string of the molecule is CCCC1CN(c2cccc(-c3ccc4nc(-c5cccnc5N)n(-c5ccc(C6(NC=O)CCC6)cc5)c4n3)c2)CCN1C=O. The summed E-state index contributed by atoms with van der Waals surface area (Å²) in [7, 11) is 0. The molecule has 10 nitrogen and oxygen atoms in total. The van der Waals surface area contributed by atoms with E-state index in [9.17, 15) is 9.59 Å². The number of carbonyl (C=O) groups excluding carboxylic acids is 2. The molecule has 0 radical (unpaired) electrons. The van der Waals surface area contributed by atoms with Crippen molar-refractivity contribution >= 4 is 35.5 Å². The molecule has 0 bridgehead atoms. The second-order valence-electron chi connectivity index (χ2n) is 12.3. The molecule has 10 heteroatoms. The van der Waals surface area contributed by atoms with E-state index in [0.717, 1.165) is 97.3 Å². The van der Waals surface area contributed by atoms with Gasteiger partial charge in [-0.05, 0) is 79.8 Å². The number of amides is 2. The molecule has 2 aliphatic rings. The summed E-state index contributed by atoms with van der Waals surface area (Å²) in [6.45, 7) is 4.47. The van der Waals surface area contributed by atoms with Crippen LogP contribution in [0.15, 0.2) is 79.0 Å². The predicted octanol–water partition coefficient (Wildman–Crippen LogP) is 5.30. The van der Waals surface area contributed by atoms with E-state index in [1.165, 1.54) is 0 Å². The van der Waals surface area contributed by atoms with Crippen LogP contribution in [0.4, 0.5) is 11.5 Å². The van der Waals surface area contributed by atoms with Gasteiger partial charge in [0.05, 0.1) is 16.8 Å². The van der Waals surface area contributed by atoms with Crippen LogP contribution < -0.4 is 16.0 Å². The number of pyridine rings is 2. The van der Waals surface area contributed by atoms with Gasteiger partial charge in [-0.3, -0.25) is 14.2 Å². The van der Waals surface area contributed by atoms with Crippen LogP contribution in [0.3, 0.4) is 0 Å². The molecule has 2 fully saturated rings. The van der Waals surface area contributed by atoms with E-state index in [2.05, 4.69) is 70.7 Å². The molecule has 2 amide bonds. The number of benzene rings is 2. The highest BCUT2D eigenvalue weighted by Gasteiger charge is 2.38. The molecule has 1 saturated heterocycles. The van der Waals surface area contributed by atoms with Crippen molar-refractivity contribution in [2.75, 3.05) is 30.3 Å². The molecule has 3 N–H and O–H groups in total. The molecule has 5 aromatic rings. The van der Waals surface area contributed by atoms with Crippen LogP contribution >= 0.6 is 0 Å². The molecule has 1 aliphatic heterocycles. The fraction of sp³-hybridized carbons (Fsp3) is 0.306. The number of carbonyl (C=O) groups is 2. The Bertz CT molecular complexity index is 1880. The van der Waals surface area contributed by atoms with Crippen molar-refractivity contribution in [2.45, 2.75) is 50.6 Å². The first-order chi connectivity index (χ1) is 22.5. The minimum atomic E-state index is -0.305. The molecule has 1 aliphatic carbocycles. The molecule has 2 aromatic carbocycles. The smallest absolute Gasteiger partial charge is 0.210 e. The largest absolute Gasteiger partial charge is 0.383 e. The summed E-state index contributed by atoms with van der Waals surface area (Å²) in [5.74, 6) is 1.05. The molecule has 3 aromatic heterocycles. The van der Waals surface area contributed by atoms with Crippen LogP contribution in [0.5, 0.6) is 0 Å². The number of nitrogens with one attached hydrogen (secondary N) is 1. The summed E-state index contributed by atoms with van der Waals surface area (Å²) in [6.07, 6.45) is 8.41. The van der Waals surface area contributed by atoms with Crippen LogP contribution in [0.25, 0.3) is 39.5 Å². The lowest BCUT2D eigenvalue weighted by Crippen LogP contribution is -2.52. The average Bonchev–Trinajstić information content (AvgIpc) is 3.45. The third kappa shape index (κ3) is 5.23. The van der Waals surface area contributed by atoms with E-state index >= 15 is 0 Å². The molecular weight excluding hydrogens is 576 g/mol.